The maximum absolute atomic E-state index is 5.55. The van der Waals surface area contributed by atoms with Gasteiger partial charge in [-0.05, 0) is 69.4 Å². The van der Waals surface area contributed by atoms with Crippen molar-refractivity contribution in [1.82, 2.24) is 10.6 Å². The molecule has 25 heavy (non-hydrogen) atoms. The second kappa shape index (κ2) is 17.6. The number of nitrogens with two attached hydrogens (primary N) is 2. The van der Waals surface area contributed by atoms with Crippen molar-refractivity contribution in [3.63, 3.8) is 0 Å². The summed E-state index contributed by atoms with van der Waals surface area (Å²) in [5.41, 5.74) is 14.0. The van der Waals surface area contributed by atoms with Crippen LogP contribution >= 0.6 is 49.6 Å². The number of fused-ring (bicyclic) bond motifs is 1. The van der Waals surface area contributed by atoms with Gasteiger partial charge < -0.3 is 22.1 Å². The number of nitrogens with one attached hydrogen (secondary N) is 2. The zero-order valence-corrected chi connectivity index (χ0v) is 17.9. The molecule has 0 saturated carbocycles. The van der Waals surface area contributed by atoms with Gasteiger partial charge in [0.05, 0.1) is 0 Å². The molecule has 4 nitrogen and oxygen atoms in total. The van der Waals surface area contributed by atoms with Crippen LogP contribution in [0.4, 0.5) is 0 Å². The second-order valence-electron chi connectivity index (χ2n) is 5.87. The van der Waals surface area contributed by atoms with Gasteiger partial charge in [-0.2, -0.15) is 0 Å². The van der Waals surface area contributed by atoms with Crippen molar-refractivity contribution in [1.29, 1.82) is 0 Å². The molecule has 150 valence electrons. The average molecular weight is 436 g/mol. The largest absolute Gasteiger partial charge is 0.330 e. The summed E-state index contributed by atoms with van der Waals surface area (Å²) >= 11 is 0. The minimum absolute atomic E-state index is 0. The lowest BCUT2D eigenvalue weighted by atomic mass is 10.1. The van der Waals surface area contributed by atoms with E-state index in [1.54, 1.807) is 0 Å². The van der Waals surface area contributed by atoms with E-state index in [0.29, 0.717) is 12.1 Å². The van der Waals surface area contributed by atoms with Crippen LogP contribution in [0.3, 0.4) is 0 Å². The number of hydrogen-bond donors (Lipinski definition) is 4. The normalized spacial score (nSPS) is 17.4. The van der Waals surface area contributed by atoms with Gasteiger partial charge >= 0.3 is 0 Å². The molecule has 0 heterocycles. The summed E-state index contributed by atoms with van der Waals surface area (Å²) in [6.45, 7) is 3.68. The smallest absolute Gasteiger partial charge is 0.0341 e. The number of unbranched alkanes of at least 4 members (excludes halogenated alkanes) is 2. The lowest BCUT2D eigenvalue weighted by molar-refractivity contribution is 0.439. The van der Waals surface area contributed by atoms with Gasteiger partial charge in [-0.3, -0.25) is 0 Å². The fourth-order valence-corrected chi connectivity index (χ4v) is 3.11. The molecule has 0 spiro atoms. The van der Waals surface area contributed by atoms with Crippen LogP contribution in [0.5, 0.6) is 0 Å². The molecule has 1 aromatic rings. The van der Waals surface area contributed by atoms with Crippen LogP contribution in [-0.4, -0.2) is 26.2 Å². The van der Waals surface area contributed by atoms with Crippen LogP contribution in [0, 0.1) is 0 Å². The van der Waals surface area contributed by atoms with E-state index < -0.39 is 0 Å². The first kappa shape index (κ1) is 30.0. The maximum Gasteiger partial charge on any atom is 0.0341 e. The van der Waals surface area contributed by atoms with E-state index in [1.807, 2.05) is 0 Å². The Bertz CT molecular complexity index is 386. The Labute approximate surface area is 177 Å². The molecule has 0 saturated heterocycles. The minimum Gasteiger partial charge on any atom is -0.330 e. The summed E-state index contributed by atoms with van der Waals surface area (Å²) in [6, 6.07) is 9.76. The summed E-state index contributed by atoms with van der Waals surface area (Å²) in [5, 5.41) is 7.38. The van der Waals surface area contributed by atoms with E-state index >= 15 is 0 Å². The summed E-state index contributed by atoms with van der Waals surface area (Å²) in [7, 11) is 0. The maximum atomic E-state index is 5.55. The van der Waals surface area contributed by atoms with E-state index in [9.17, 15) is 0 Å². The van der Waals surface area contributed by atoms with Crippen molar-refractivity contribution < 1.29 is 0 Å². The Balaban J connectivity index is -0.00000121. The van der Waals surface area contributed by atoms with E-state index in [0.717, 1.165) is 58.3 Å². The first-order chi connectivity index (χ1) is 10.4. The van der Waals surface area contributed by atoms with Crippen molar-refractivity contribution in [2.24, 2.45) is 11.5 Å². The van der Waals surface area contributed by atoms with Crippen LogP contribution in [0.15, 0.2) is 24.3 Å². The first-order valence-electron chi connectivity index (χ1n) is 8.32. The fourth-order valence-electron chi connectivity index (χ4n) is 3.11. The Morgan fingerprint density at radius 3 is 1.48 bits per heavy atom. The highest BCUT2D eigenvalue weighted by Crippen LogP contribution is 2.38. The predicted octanol–water partition coefficient (Wildman–Crippen LogP) is 3.52. The van der Waals surface area contributed by atoms with Crippen LogP contribution in [-0.2, 0) is 0 Å². The molecule has 2 atom stereocenters. The third-order valence-corrected chi connectivity index (χ3v) is 4.26. The van der Waals surface area contributed by atoms with E-state index in [2.05, 4.69) is 34.9 Å². The van der Waals surface area contributed by atoms with Crippen molar-refractivity contribution in [2.75, 3.05) is 26.2 Å². The molecule has 8 heteroatoms. The van der Waals surface area contributed by atoms with Gasteiger partial charge in [0.1, 0.15) is 0 Å². The Morgan fingerprint density at radius 1 is 0.720 bits per heavy atom. The Hall–Kier alpha value is 0.220. The van der Waals surface area contributed by atoms with Crippen molar-refractivity contribution in [3.05, 3.63) is 35.4 Å². The number of benzene rings is 1. The molecule has 0 fully saturated rings. The van der Waals surface area contributed by atoms with Crippen LogP contribution in [0.2, 0.25) is 0 Å². The van der Waals surface area contributed by atoms with Crippen molar-refractivity contribution in [3.8, 4) is 0 Å². The van der Waals surface area contributed by atoms with E-state index in [4.69, 9.17) is 11.5 Å². The standard InChI is InChI=1S/C17H30N4.4ClH/c18-9-3-5-11-20-16-13-17(21-12-6-4-10-19)15-8-2-1-7-14(15)16;;;;/h1-2,7-8,16-17,20-21H,3-6,9-13,18-19H2;4*1H/t16-,17-;;;;/m0..../s1. The van der Waals surface area contributed by atoms with Gasteiger partial charge in [0.25, 0.3) is 0 Å². The summed E-state index contributed by atoms with van der Waals surface area (Å²) in [5.74, 6) is 0. The summed E-state index contributed by atoms with van der Waals surface area (Å²) in [6.07, 6.45) is 5.66. The summed E-state index contributed by atoms with van der Waals surface area (Å²) < 4.78 is 0. The highest BCUT2D eigenvalue weighted by Gasteiger charge is 2.29. The zero-order chi connectivity index (χ0) is 14.9. The molecular formula is C17H34Cl4N4. The molecule has 0 unspecified atom stereocenters. The monoisotopic (exact) mass is 434 g/mol. The second-order valence-corrected chi connectivity index (χ2v) is 5.87. The molecule has 1 aliphatic rings. The van der Waals surface area contributed by atoms with Crippen molar-refractivity contribution in [2.45, 2.75) is 44.2 Å². The zero-order valence-electron chi connectivity index (χ0n) is 14.6. The number of rotatable bonds is 10. The van der Waals surface area contributed by atoms with Crippen LogP contribution < -0.4 is 22.1 Å². The van der Waals surface area contributed by atoms with E-state index in [-0.39, 0.29) is 49.6 Å². The topological polar surface area (TPSA) is 76.1 Å². The summed E-state index contributed by atoms with van der Waals surface area (Å²) in [4.78, 5) is 0. The molecule has 1 aromatic carbocycles. The SMILES string of the molecule is Cl.Cl.Cl.Cl.NCCCCN[C@H]1C[C@H](NCCCCN)c2ccccc21. The average Bonchev–Trinajstić information content (AvgIpc) is 2.87. The molecule has 0 bridgehead atoms. The molecule has 0 amide bonds. The van der Waals surface area contributed by atoms with Crippen molar-refractivity contribution >= 4 is 49.6 Å². The van der Waals surface area contributed by atoms with Gasteiger partial charge in [-0.15, -0.1) is 49.6 Å². The lowest BCUT2D eigenvalue weighted by Gasteiger charge is -2.15. The lowest BCUT2D eigenvalue weighted by Crippen LogP contribution is -2.24. The van der Waals surface area contributed by atoms with Gasteiger partial charge in [0, 0.05) is 12.1 Å². The van der Waals surface area contributed by atoms with Crippen LogP contribution in [0.25, 0.3) is 0 Å². The van der Waals surface area contributed by atoms with Gasteiger partial charge in [-0.25, -0.2) is 0 Å². The third kappa shape index (κ3) is 9.64. The quantitative estimate of drug-likeness (QED) is 0.424. The van der Waals surface area contributed by atoms with Crippen LogP contribution in [0.1, 0.15) is 55.3 Å². The van der Waals surface area contributed by atoms with Gasteiger partial charge in [0.2, 0.25) is 0 Å². The first-order valence-corrected chi connectivity index (χ1v) is 8.32. The van der Waals surface area contributed by atoms with Gasteiger partial charge in [0.15, 0.2) is 0 Å². The molecule has 0 aromatic heterocycles. The molecule has 0 radical (unpaired) electrons. The van der Waals surface area contributed by atoms with E-state index in [1.165, 1.54) is 11.1 Å². The minimum atomic E-state index is 0. The molecule has 1 aliphatic carbocycles. The number of halogens is 4. The Morgan fingerprint density at radius 2 is 1.12 bits per heavy atom. The highest BCUT2D eigenvalue weighted by atomic mass is 35.5. The molecule has 0 aliphatic heterocycles. The molecule has 2 rings (SSSR count). The Kier molecular flexibility index (Phi) is 21.1. The highest BCUT2D eigenvalue weighted by molar-refractivity contribution is 5.86. The molecule has 6 N–H and O–H groups in total. The molecular weight excluding hydrogens is 402 g/mol. The number of hydrogen-bond acceptors (Lipinski definition) is 4. The third-order valence-electron chi connectivity index (χ3n) is 4.26. The predicted molar refractivity (Wildman–Crippen MR) is 118 cm³/mol. The van der Waals surface area contributed by atoms with Gasteiger partial charge in [-0.1, -0.05) is 24.3 Å². The fraction of sp³-hybridized carbons (Fsp3) is 0.647.